The van der Waals surface area contributed by atoms with Crippen molar-refractivity contribution in [1.82, 2.24) is 4.37 Å². The molecule has 3 nitrogen and oxygen atoms in total. The van der Waals surface area contributed by atoms with Crippen LogP contribution >= 0.6 is 23.3 Å². The van der Waals surface area contributed by atoms with Gasteiger partial charge in [-0.3, -0.25) is 0 Å². The number of nitrogens with two attached hydrogens (primary N) is 1. The Labute approximate surface area is 120 Å². The van der Waals surface area contributed by atoms with Crippen molar-refractivity contribution >= 4 is 34.1 Å². The van der Waals surface area contributed by atoms with Gasteiger partial charge >= 0.3 is 0 Å². The summed E-state index contributed by atoms with van der Waals surface area (Å²) in [5, 5.41) is 4.34. The first kappa shape index (κ1) is 14.1. The number of nitrogens with zero attached hydrogens (tertiary/aromatic N) is 1. The molecular weight excluding hydrogens is 281 g/mol. The molecule has 0 saturated heterocycles. The number of rotatable bonds is 5. The number of anilines is 2. The molecule has 3 N–H and O–H groups in total. The first-order valence-corrected chi connectivity index (χ1v) is 7.89. The molecule has 6 heteroatoms. The summed E-state index contributed by atoms with van der Waals surface area (Å²) in [6, 6.07) is 4.90. The fourth-order valence-corrected chi connectivity index (χ4v) is 3.42. The number of hydrogen-bond acceptors (Lipinski definition) is 5. The first-order valence-electron chi connectivity index (χ1n) is 5.90. The minimum atomic E-state index is -0.186. The van der Waals surface area contributed by atoms with Gasteiger partial charge in [-0.05, 0) is 54.4 Å². The maximum absolute atomic E-state index is 13.0. The Morgan fingerprint density at radius 1 is 1.47 bits per heavy atom. The SMILES string of the molecule is CSc1c(N)nsc1NCCc1ccc(F)cc1C. The van der Waals surface area contributed by atoms with Crippen molar-refractivity contribution in [2.24, 2.45) is 0 Å². The van der Waals surface area contributed by atoms with Crippen LogP contribution in [0, 0.1) is 12.7 Å². The fraction of sp³-hybridized carbons (Fsp3) is 0.308. The van der Waals surface area contributed by atoms with E-state index in [4.69, 9.17) is 5.73 Å². The summed E-state index contributed by atoms with van der Waals surface area (Å²) in [7, 11) is 0. The predicted octanol–water partition coefficient (Wildman–Crippen LogP) is 3.55. The van der Waals surface area contributed by atoms with E-state index >= 15 is 0 Å². The molecule has 19 heavy (non-hydrogen) atoms. The summed E-state index contributed by atoms with van der Waals surface area (Å²) in [5.74, 6) is 0.395. The highest BCUT2D eigenvalue weighted by Crippen LogP contribution is 2.34. The van der Waals surface area contributed by atoms with Gasteiger partial charge in [-0.15, -0.1) is 11.8 Å². The van der Waals surface area contributed by atoms with Gasteiger partial charge in [-0.1, -0.05) is 6.07 Å². The summed E-state index contributed by atoms with van der Waals surface area (Å²) >= 11 is 2.97. The van der Waals surface area contributed by atoms with Crippen molar-refractivity contribution in [3.8, 4) is 0 Å². The standard InChI is InChI=1S/C13H16FN3S2/c1-8-7-10(14)4-3-9(8)5-6-16-13-11(18-2)12(15)17-19-13/h3-4,7,16H,5-6H2,1-2H3,(H2,15,17). The Morgan fingerprint density at radius 2 is 2.26 bits per heavy atom. The van der Waals surface area contributed by atoms with E-state index in [1.807, 2.05) is 19.2 Å². The van der Waals surface area contributed by atoms with Crippen LogP contribution < -0.4 is 11.1 Å². The molecule has 0 unspecified atom stereocenters. The minimum Gasteiger partial charge on any atom is -0.382 e. The average molecular weight is 297 g/mol. The molecule has 0 spiro atoms. The Morgan fingerprint density at radius 3 is 2.95 bits per heavy atom. The molecule has 0 fully saturated rings. The fourth-order valence-electron chi connectivity index (χ4n) is 1.85. The van der Waals surface area contributed by atoms with Crippen LogP contribution in [0.4, 0.5) is 15.2 Å². The number of nitrogen functional groups attached to an aromatic ring is 1. The highest BCUT2D eigenvalue weighted by molar-refractivity contribution is 7.99. The Kier molecular flexibility index (Phi) is 4.66. The van der Waals surface area contributed by atoms with Crippen LogP contribution in [0.15, 0.2) is 23.1 Å². The van der Waals surface area contributed by atoms with E-state index < -0.39 is 0 Å². The molecular formula is C13H16FN3S2. The lowest BCUT2D eigenvalue weighted by Gasteiger charge is -2.08. The summed E-state index contributed by atoms with van der Waals surface area (Å²) < 4.78 is 17.1. The zero-order chi connectivity index (χ0) is 13.8. The molecule has 102 valence electrons. The number of halogens is 1. The monoisotopic (exact) mass is 297 g/mol. The summed E-state index contributed by atoms with van der Waals surface area (Å²) in [5.41, 5.74) is 7.90. The number of thioether (sulfide) groups is 1. The Bertz CT molecular complexity index is 569. The second-order valence-electron chi connectivity index (χ2n) is 4.18. The maximum atomic E-state index is 13.0. The van der Waals surface area contributed by atoms with Crippen LogP contribution in [0.25, 0.3) is 0 Å². The number of aromatic nitrogens is 1. The number of benzene rings is 1. The van der Waals surface area contributed by atoms with E-state index in [-0.39, 0.29) is 5.82 Å². The van der Waals surface area contributed by atoms with Gasteiger partial charge < -0.3 is 11.1 Å². The van der Waals surface area contributed by atoms with E-state index in [9.17, 15) is 4.39 Å². The Balaban J connectivity index is 1.96. The molecule has 0 aliphatic heterocycles. The van der Waals surface area contributed by atoms with Gasteiger partial charge in [0.15, 0.2) is 5.82 Å². The third-order valence-electron chi connectivity index (χ3n) is 2.86. The molecule has 1 heterocycles. The maximum Gasteiger partial charge on any atom is 0.153 e. The first-order chi connectivity index (χ1) is 9.11. The van der Waals surface area contributed by atoms with Crippen LogP contribution in [0.3, 0.4) is 0 Å². The average Bonchev–Trinajstić information content (AvgIpc) is 2.72. The zero-order valence-electron chi connectivity index (χ0n) is 10.9. The van der Waals surface area contributed by atoms with Crippen molar-refractivity contribution in [2.45, 2.75) is 18.2 Å². The minimum absolute atomic E-state index is 0.186. The van der Waals surface area contributed by atoms with Crippen LogP contribution in [-0.4, -0.2) is 17.2 Å². The highest BCUT2D eigenvalue weighted by Gasteiger charge is 2.09. The number of hydrogen-bond donors (Lipinski definition) is 2. The molecule has 2 aromatic rings. The number of nitrogens with one attached hydrogen (secondary N) is 1. The van der Waals surface area contributed by atoms with Crippen LogP contribution in [-0.2, 0) is 6.42 Å². The van der Waals surface area contributed by atoms with E-state index in [2.05, 4.69) is 9.69 Å². The van der Waals surface area contributed by atoms with Crippen molar-refractivity contribution in [1.29, 1.82) is 0 Å². The van der Waals surface area contributed by atoms with Crippen LogP contribution in [0.2, 0.25) is 0 Å². The largest absolute Gasteiger partial charge is 0.382 e. The van der Waals surface area contributed by atoms with E-state index in [1.54, 1.807) is 17.8 Å². The van der Waals surface area contributed by atoms with Crippen molar-refractivity contribution in [2.75, 3.05) is 23.9 Å². The predicted molar refractivity (Wildman–Crippen MR) is 81.6 cm³/mol. The molecule has 0 bridgehead atoms. The van der Waals surface area contributed by atoms with Gasteiger partial charge in [0.2, 0.25) is 0 Å². The molecule has 0 aliphatic carbocycles. The smallest absolute Gasteiger partial charge is 0.153 e. The molecule has 1 aromatic carbocycles. The molecule has 0 radical (unpaired) electrons. The van der Waals surface area contributed by atoms with Gasteiger partial charge in [0.1, 0.15) is 10.8 Å². The van der Waals surface area contributed by atoms with Crippen LogP contribution in [0.5, 0.6) is 0 Å². The van der Waals surface area contributed by atoms with Gasteiger partial charge in [-0.2, -0.15) is 4.37 Å². The molecule has 2 rings (SSSR count). The van der Waals surface area contributed by atoms with Gasteiger partial charge in [0.05, 0.1) is 4.90 Å². The van der Waals surface area contributed by atoms with Crippen molar-refractivity contribution in [3.63, 3.8) is 0 Å². The quantitative estimate of drug-likeness (QED) is 0.829. The lowest BCUT2D eigenvalue weighted by Crippen LogP contribution is -2.05. The van der Waals surface area contributed by atoms with Crippen molar-refractivity contribution < 1.29 is 4.39 Å². The van der Waals surface area contributed by atoms with E-state index in [0.29, 0.717) is 5.82 Å². The second-order valence-corrected chi connectivity index (χ2v) is 5.77. The summed E-state index contributed by atoms with van der Waals surface area (Å²) in [4.78, 5) is 1.00. The van der Waals surface area contributed by atoms with E-state index in [1.165, 1.54) is 17.6 Å². The molecule has 1 aromatic heterocycles. The third kappa shape index (κ3) is 3.39. The summed E-state index contributed by atoms with van der Waals surface area (Å²) in [6.07, 6.45) is 2.83. The highest BCUT2D eigenvalue weighted by atomic mass is 32.2. The second kappa shape index (κ2) is 6.25. The summed E-state index contributed by atoms with van der Waals surface area (Å²) in [6.45, 7) is 2.71. The van der Waals surface area contributed by atoms with E-state index in [0.717, 1.165) is 34.0 Å². The lowest BCUT2D eigenvalue weighted by molar-refractivity contribution is 0.625. The molecule has 0 atom stereocenters. The van der Waals surface area contributed by atoms with Crippen molar-refractivity contribution in [3.05, 3.63) is 35.1 Å². The zero-order valence-corrected chi connectivity index (χ0v) is 12.5. The van der Waals surface area contributed by atoms with Gasteiger partial charge in [0.25, 0.3) is 0 Å². The Hall–Kier alpha value is -1.27. The van der Waals surface area contributed by atoms with Gasteiger partial charge in [0, 0.05) is 6.54 Å². The molecule has 0 amide bonds. The molecule has 0 saturated carbocycles. The normalized spacial score (nSPS) is 10.7. The third-order valence-corrected chi connectivity index (χ3v) is 4.63. The topological polar surface area (TPSA) is 50.9 Å². The lowest BCUT2D eigenvalue weighted by atomic mass is 10.1. The van der Waals surface area contributed by atoms with Gasteiger partial charge in [-0.25, -0.2) is 4.39 Å². The number of aryl methyl sites for hydroxylation is 1. The molecule has 0 aliphatic rings. The van der Waals surface area contributed by atoms with Crippen LogP contribution in [0.1, 0.15) is 11.1 Å².